The fourth-order valence-corrected chi connectivity index (χ4v) is 1.83. The number of amides is 1. The van der Waals surface area contributed by atoms with Gasteiger partial charge in [0.25, 0.3) is 0 Å². The van der Waals surface area contributed by atoms with Gasteiger partial charge >= 0.3 is 12.1 Å². The first-order valence-electron chi connectivity index (χ1n) is 7.02. The second kappa shape index (κ2) is 7.15. The highest BCUT2D eigenvalue weighted by atomic mass is 16.6. The van der Waals surface area contributed by atoms with Crippen LogP contribution < -0.4 is 10.1 Å². The highest BCUT2D eigenvalue weighted by Gasteiger charge is 2.18. The van der Waals surface area contributed by atoms with Crippen molar-refractivity contribution in [1.82, 2.24) is 0 Å². The van der Waals surface area contributed by atoms with Gasteiger partial charge in [-0.1, -0.05) is 13.0 Å². The number of methoxy groups -OCH3 is 1. The van der Waals surface area contributed by atoms with Crippen molar-refractivity contribution in [2.75, 3.05) is 12.4 Å². The van der Waals surface area contributed by atoms with Crippen LogP contribution in [0, 0.1) is 5.92 Å². The summed E-state index contributed by atoms with van der Waals surface area (Å²) in [7, 11) is 1.50. The Bertz CT molecular complexity index is 548. The Hall–Kier alpha value is -2.24. The lowest BCUT2D eigenvalue weighted by Crippen LogP contribution is -2.27. The highest BCUT2D eigenvalue weighted by Crippen LogP contribution is 2.26. The monoisotopic (exact) mass is 309 g/mol. The van der Waals surface area contributed by atoms with Gasteiger partial charge in [-0.05, 0) is 38.8 Å². The Labute approximate surface area is 130 Å². The standard InChI is InChI=1S/C16H23NO5/c1-10(14(18)19)8-11-6-7-12(9-13(11)21-5)17-15(20)22-16(2,3)4/h6-7,9-10H,8H2,1-5H3,(H,17,20)(H,18,19). The van der Waals surface area contributed by atoms with Crippen molar-refractivity contribution in [3.8, 4) is 5.75 Å². The van der Waals surface area contributed by atoms with Crippen LogP contribution in [0.1, 0.15) is 33.3 Å². The molecule has 1 rings (SSSR count). The molecule has 6 nitrogen and oxygen atoms in total. The zero-order chi connectivity index (χ0) is 16.9. The van der Waals surface area contributed by atoms with Crippen LogP contribution in [0.3, 0.4) is 0 Å². The molecule has 0 saturated carbocycles. The van der Waals surface area contributed by atoms with E-state index in [0.717, 1.165) is 5.56 Å². The first-order valence-corrected chi connectivity index (χ1v) is 7.02. The number of hydrogen-bond acceptors (Lipinski definition) is 4. The molecule has 0 bridgehead atoms. The van der Waals surface area contributed by atoms with Gasteiger partial charge in [-0.3, -0.25) is 10.1 Å². The molecule has 1 aromatic carbocycles. The van der Waals surface area contributed by atoms with Gasteiger partial charge in [0.2, 0.25) is 0 Å². The lowest BCUT2D eigenvalue weighted by Gasteiger charge is -2.20. The van der Waals surface area contributed by atoms with Gasteiger partial charge in [0.1, 0.15) is 11.4 Å². The summed E-state index contributed by atoms with van der Waals surface area (Å²) in [6.45, 7) is 6.98. The molecule has 2 N–H and O–H groups in total. The van der Waals surface area contributed by atoms with E-state index >= 15 is 0 Å². The van der Waals surface area contributed by atoms with E-state index in [1.165, 1.54) is 7.11 Å². The predicted octanol–water partition coefficient (Wildman–Crippen LogP) is 3.31. The number of benzene rings is 1. The van der Waals surface area contributed by atoms with E-state index in [2.05, 4.69) is 5.32 Å². The molecular formula is C16H23NO5. The fourth-order valence-electron chi connectivity index (χ4n) is 1.83. The average Bonchev–Trinajstić information content (AvgIpc) is 2.37. The number of carboxylic acids is 1. The number of anilines is 1. The Balaban J connectivity index is 2.84. The third-order valence-corrected chi connectivity index (χ3v) is 2.88. The maximum Gasteiger partial charge on any atom is 0.412 e. The van der Waals surface area contributed by atoms with Gasteiger partial charge in [0, 0.05) is 11.8 Å². The van der Waals surface area contributed by atoms with Crippen LogP contribution in [-0.2, 0) is 16.0 Å². The van der Waals surface area contributed by atoms with E-state index < -0.39 is 23.6 Å². The summed E-state index contributed by atoms with van der Waals surface area (Å²) < 4.78 is 10.4. The maximum absolute atomic E-state index is 11.7. The second-order valence-electron chi connectivity index (χ2n) is 6.10. The maximum atomic E-state index is 11.7. The van der Waals surface area contributed by atoms with E-state index in [0.29, 0.717) is 17.9 Å². The van der Waals surface area contributed by atoms with Crippen LogP contribution in [0.5, 0.6) is 5.75 Å². The van der Waals surface area contributed by atoms with Crippen LogP contribution in [0.15, 0.2) is 18.2 Å². The van der Waals surface area contributed by atoms with E-state index in [1.807, 2.05) is 0 Å². The Kier molecular flexibility index (Phi) is 5.79. The Morgan fingerprint density at radius 1 is 1.32 bits per heavy atom. The summed E-state index contributed by atoms with van der Waals surface area (Å²) in [5.41, 5.74) is 0.718. The molecule has 0 aliphatic carbocycles. The van der Waals surface area contributed by atoms with E-state index in [1.54, 1.807) is 45.9 Å². The first-order chi connectivity index (χ1) is 10.1. The molecule has 1 aromatic rings. The van der Waals surface area contributed by atoms with Crippen LogP contribution in [-0.4, -0.2) is 29.9 Å². The lowest BCUT2D eigenvalue weighted by molar-refractivity contribution is -0.141. The Morgan fingerprint density at radius 3 is 2.45 bits per heavy atom. The minimum atomic E-state index is -0.863. The molecular weight excluding hydrogens is 286 g/mol. The molecule has 1 unspecified atom stereocenters. The molecule has 122 valence electrons. The van der Waals surface area contributed by atoms with Crippen molar-refractivity contribution >= 4 is 17.7 Å². The molecule has 0 spiro atoms. The normalized spacial score (nSPS) is 12.4. The number of carboxylic acid groups (broad SMARTS) is 1. The van der Waals surface area contributed by atoms with Crippen molar-refractivity contribution in [2.24, 2.45) is 5.92 Å². The fraction of sp³-hybridized carbons (Fsp3) is 0.500. The summed E-state index contributed by atoms with van der Waals surface area (Å²) in [5, 5.41) is 11.6. The number of rotatable bonds is 5. The van der Waals surface area contributed by atoms with Gasteiger partial charge in [-0.25, -0.2) is 4.79 Å². The quantitative estimate of drug-likeness (QED) is 0.871. The second-order valence-corrected chi connectivity index (χ2v) is 6.10. The van der Waals surface area contributed by atoms with Crippen LogP contribution >= 0.6 is 0 Å². The summed E-state index contributed by atoms with van der Waals surface area (Å²) >= 11 is 0. The van der Waals surface area contributed by atoms with Gasteiger partial charge in [-0.15, -0.1) is 0 Å². The van der Waals surface area contributed by atoms with Gasteiger partial charge in [0.15, 0.2) is 0 Å². The van der Waals surface area contributed by atoms with Gasteiger partial charge in [-0.2, -0.15) is 0 Å². The number of ether oxygens (including phenoxy) is 2. The predicted molar refractivity (Wildman–Crippen MR) is 83.4 cm³/mol. The van der Waals surface area contributed by atoms with Crippen molar-refractivity contribution in [3.05, 3.63) is 23.8 Å². The number of carbonyl (C=O) groups excluding carboxylic acids is 1. The minimum Gasteiger partial charge on any atom is -0.496 e. The largest absolute Gasteiger partial charge is 0.496 e. The summed E-state index contributed by atoms with van der Waals surface area (Å²) in [6.07, 6.45) is -0.202. The van der Waals surface area contributed by atoms with E-state index in [-0.39, 0.29) is 0 Å². The number of aliphatic carboxylic acids is 1. The summed E-state index contributed by atoms with van der Waals surface area (Å²) in [4.78, 5) is 22.7. The lowest BCUT2D eigenvalue weighted by atomic mass is 10.00. The molecule has 0 saturated heterocycles. The molecule has 0 fully saturated rings. The molecule has 6 heteroatoms. The van der Waals surface area contributed by atoms with Gasteiger partial charge in [0.05, 0.1) is 13.0 Å². The average molecular weight is 309 g/mol. The molecule has 0 heterocycles. The van der Waals surface area contributed by atoms with E-state index in [4.69, 9.17) is 14.6 Å². The summed E-state index contributed by atoms with van der Waals surface area (Å²) in [6, 6.07) is 5.08. The SMILES string of the molecule is COc1cc(NC(=O)OC(C)(C)C)ccc1CC(C)C(=O)O. The number of carbonyl (C=O) groups is 2. The van der Waals surface area contributed by atoms with Crippen molar-refractivity contribution in [3.63, 3.8) is 0 Å². The zero-order valence-electron chi connectivity index (χ0n) is 13.6. The third-order valence-electron chi connectivity index (χ3n) is 2.88. The minimum absolute atomic E-state index is 0.352. The molecule has 0 radical (unpaired) electrons. The van der Waals surface area contributed by atoms with Crippen LogP contribution in [0.25, 0.3) is 0 Å². The number of hydrogen-bond donors (Lipinski definition) is 2. The molecule has 1 amide bonds. The topological polar surface area (TPSA) is 84.9 Å². The van der Waals surface area contributed by atoms with E-state index in [9.17, 15) is 9.59 Å². The molecule has 22 heavy (non-hydrogen) atoms. The van der Waals surface area contributed by atoms with Crippen LogP contribution in [0.4, 0.5) is 10.5 Å². The molecule has 0 aliphatic rings. The first kappa shape index (κ1) is 17.8. The summed E-state index contributed by atoms with van der Waals surface area (Å²) in [5.74, 6) is -0.849. The zero-order valence-corrected chi connectivity index (χ0v) is 13.6. The smallest absolute Gasteiger partial charge is 0.412 e. The number of nitrogens with one attached hydrogen (secondary N) is 1. The molecule has 1 atom stereocenters. The van der Waals surface area contributed by atoms with Crippen molar-refractivity contribution in [2.45, 2.75) is 39.7 Å². The molecule has 0 aliphatic heterocycles. The van der Waals surface area contributed by atoms with Crippen LogP contribution in [0.2, 0.25) is 0 Å². The third kappa shape index (κ3) is 5.63. The van der Waals surface area contributed by atoms with Crippen molar-refractivity contribution < 1.29 is 24.2 Å². The highest BCUT2D eigenvalue weighted by molar-refractivity contribution is 5.85. The van der Waals surface area contributed by atoms with Crippen molar-refractivity contribution in [1.29, 1.82) is 0 Å². The van der Waals surface area contributed by atoms with Gasteiger partial charge < -0.3 is 14.6 Å². The Morgan fingerprint density at radius 2 is 1.95 bits per heavy atom. The molecule has 0 aromatic heterocycles.